The van der Waals surface area contributed by atoms with Crippen molar-refractivity contribution in [1.82, 2.24) is 4.57 Å². The molecule has 0 N–H and O–H groups in total. The summed E-state index contributed by atoms with van der Waals surface area (Å²) in [5.41, 5.74) is 0.875. The standard InChI is InChI=1S/C16H16N2O4/c1-3-9-17-15(8-7-14(11(2)19)16(17)20)12-5-4-6-13(10-12)18(21)22/h4-8,10H,3,9H2,1-2H3. The number of rotatable bonds is 5. The van der Waals surface area contributed by atoms with E-state index in [1.807, 2.05) is 6.92 Å². The summed E-state index contributed by atoms with van der Waals surface area (Å²) in [5, 5.41) is 10.9. The molecule has 22 heavy (non-hydrogen) atoms. The van der Waals surface area contributed by atoms with Crippen LogP contribution in [0, 0.1) is 10.1 Å². The molecule has 0 spiro atoms. The number of nitro benzene ring substituents is 1. The lowest BCUT2D eigenvalue weighted by Gasteiger charge is -2.13. The van der Waals surface area contributed by atoms with E-state index in [0.717, 1.165) is 0 Å². The largest absolute Gasteiger partial charge is 0.308 e. The molecule has 6 nitrogen and oxygen atoms in total. The topological polar surface area (TPSA) is 82.2 Å². The first-order chi connectivity index (χ1) is 10.5. The van der Waals surface area contributed by atoms with Crippen molar-refractivity contribution in [1.29, 1.82) is 0 Å². The second-order valence-electron chi connectivity index (χ2n) is 4.95. The van der Waals surface area contributed by atoms with E-state index in [0.29, 0.717) is 24.2 Å². The molecule has 0 amide bonds. The van der Waals surface area contributed by atoms with Gasteiger partial charge in [-0.25, -0.2) is 0 Å². The summed E-state index contributed by atoms with van der Waals surface area (Å²) in [5.74, 6) is -0.291. The zero-order chi connectivity index (χ0) is 16.3. The highest BCUT2D eigenvalue weighted by atomic mass is 16.6. The molecular weight excluding hydrogens is 284 g/mol. The van der Waals surface area contributed by atoms with Gasteiger partial charge in [0, 0.05) is 24.2 Å². The van der Waals surface area contributed by atoms with Crippen molar-refractivity contribution in [2.24, 2.45) is 0 Å². The number of nitrogens with zero attached hydrogens (tertiary/aromatic N) is 2. The molecule has 2 rings (SSSR count). The summed E-state index contributed by atoms with van der Waals surface area (Å²) < 4.78 is 1.50. The van der Waals surface area contributed by atoms with Crippen LogP contribution in [-0.2, 0) is 6.54 Å². The fourth-order valence-corrected chi connectivity index (χ4v) is 2.32. The number of hydrogen-bond acceptors (Lipinski definition) is 4. The Balaban J connectivity index is 2.67. The minimum absolute atomic E-state index is 0.0383. The molecule has 2 aromatic rings. The Hall–Kier alpha value is -2.76. The minimum Gasteiger partial charge on any atom is -0.308 e. The number of nitro groups is 1. The summed E-state index contributed by atoms with van der Waals surface area (Å²) in [6.45, 7) is 3.71. The molecular formula is C16H16N2O4. The van der Waals surface area contributed by atoms with Gasteiger partial charge >= 0.3 is 0 Å². The van der Waals surface area contributed by atoms with Crippen molar-refractivity contribution in [2.75, 3.05) is 0 Å². The monoisotopic (exact) mass is 300 g/mol. The van der Waals surface area contributed by atoms with Crippen molar-refractivity contribution >= 4 is 11.5 Å². The highest BCUT2D eigenvalue weighted by Gasteiger charge is 2.14. The quantitative estimate of drug-likeness (QED) is 0.483. The molecule has 0 unspecified atom stereocenters. The SMILES string of the molecule is CCCn1c(-c2cccc([N+](=O)[O-])c2)ccc(C(C)=O)c1=O. The number of hydrogen-bond donors (Lipinski definition) is 0. The zero-order valence-electron chi connectivity index (χ0n) is 12.4. The van der Waals surface area contributed by atoms with E-state index in [4.69, 9.17) is 0 Å². The van der Waals surface area contributed by atoms with Gasteiger partial charge in [-0.05, 0) is 25.5 Å². The van der Waals surface area contributed by atoms with E-state index in [1.165, 1.54) is 29.7 Å². The summed E-state index contributed by atoms with van der Waals surface area (Å²) in [6.07, 6.45) is 0.711. The van der Waals surface area contributed by atoms with Crippen molar-refractivity contribution in [3.8, 4) is 11.3 Å². The van der Waals surface area contributed by atoms with Gasteiger partial charge in [-0.1, -0.05) is 19.1 Å². The molecule has 0 aliphatic heterocycles. The lowest BCUT2D eigenvalue weighted by atomic mass is 10.1. The average Bonchev–Trinajstić information content (AvgIpc) is 2.49. The highest BCUT2D eigenvalue weighted by molar-refractivity contribution is 5.94. The second-order valence-corrected chi connectivity index (χ2v) is 4.95. The van der Waals surface area contributed by atoms with Gasteiger partial charge in [0.25, 0.3) is 11.2 Å². The maximum absolute atomic E-state index is 12.4. The number of pyridine rings is 1. The third kappa shape index (κ3) is 2.95. The molecule has 0 radical (unpaired) electrons. The molecule has 0 aliphatic carbocycles. The van der Waals surface area contributed by atoms with Crippen LogP contribution in [0.25, 0.3) is 11.3 Å². The molecule has 114 valence electrons. The number of ketones is 1. The van der Waals surface area contributed by atoms with Crippen molar-refractivity contribution < 1.29 is 9.72 Å². The molecule has 1 aromatic heterocycles. The van der Waals surface area contributed by atoms with E-state index in [1.54, 1.807) is 18.2 Å². The van der Waals surface area contributed by atoms with Crippen LogP contribution >= 0.6 is 0 Å². The predicted molar refractivity (Wildman–Crippen MR) is 83.1 cm³/mol. The van der Waals surface area contributed by atoms with E-state index in [2.05, 4.69) is 0 Å². The van der Waals surface area contributed by atoms with Gasteiger partial charge in [0.05, 0.1) is 16.2 Å². The summed E-state index contributed by atoms with van der Waals surface area (Å²) in [4.78, 5) is 34.4. The zero-order valence-corrected chi connectivity index (χ0v) is 12.4. The second kappa shape index (κ2) is 6.34. The fraction of sp³-hybridized carbons (Fsp3) is 0.250. The van der Waals surface area contributed by atoms with Crippen molar-refractivity contribution in [3.05, 3.63) is 62.4 Å². The lowest BCUT2D eigenvalue weighted by molar-refractivity contribution is -0.384. The summed E-state index contributed by atoms with van der Waals surface area (Å²) in [7, 11) is 0. The van der Waals surface area contributed by atoms with Crippen LogP contribution in [-0.4, -0.2) is 15.3 Å². The van der Waals surface area contributed by atoms with Gasteiger partial charge in [0.1, 0.15) is 0 Å². The van der Waals surface area contributed by atoms with Crippen LogP contribution in [0.15, 0.2) is 41.2 Å². The molecule has 0 aliphatic rings. The number of benzene rings is 1. The first-order valence-corrected chi connectivity index (χ1v) is 6.95. The Morgan fingerprint density at radius 3 is 2.59 bits per heavy atom. The molecule has 0 atom stereocenters. The van der Waals surface area contributed by atoms with Crippen molar-refractivity contribution in [3.63, 3.8) is 0 Å². The Morgan fingerprint density at radius 1 is 1.27 bits per heavy atom. The Kier molecular flexibility index (Phi) is 4.50. The van der Waals surface area contributed by atoms with Crippen LogP contribution in [0.4, 0.5) is 5.69 Å². The van der Waals surface area contributed by atoms with Gasteiger partial charge in [-0.3, -0.25) is 19.7 Å². The molecule has 0 fully saturated rings. The first-order valence-electron chi connectivity index (χ1n) is 6.95. The Morgan fingerprint density at radius 2 is 2.00 bits per heavy atom. The molecule has 0 saturated heterocycles. The molecule has 6 heteroatoms. The van der Waals surface area contributed by atoms with Crippen LogP contribution in [0.3, 0.4) is 0 Å². The van der Waals surface area contributed by atoms with Crippen molar-refractivity contribution in [2.45, 2.75) is 26.8 Å². The van der Waals surface area contributed by atoms with E-state index in [-0.39, 0.29) is 22.6 Å². The normalized spacial score (nSPS) is 10.5. The van der Waals surface area contributed by atoms with Crippen LogP contribution in [0.1, 0.15) is 30.6 Å². The fourth-order valence-electron chi connectivity index (χ4n) is 2.32. The highest BCUT2D eigenvalue weighted by Crippen LogP contribution is 2.23. The smallest absolute Gasteiger partial charge is 0.270 e. The van der Waals surface area contributed by atoms with E-state index in [9.17, 15) is 19.7 Å². The number of carbonyl (C=O) groups is 1. The van der Waals surface area contributed by atoms with E-state index < -0.39 is 4.92 Å². The number of aromatic nitrogens is 1. The maximum atomic E-state index is 12.4. The van der Waals surface area contributed by atoms with E-state index >= 15 is 0 Å². The third-order valence-electron chi connectivity index (χ3n) is 3.35. The molecule has 0 saturated carbocycles. The molecule has 1 heterocycles. The van der Waals surface area contributed by atoms with Gasteiger partial charge in [0.2, 0.25) is 0 Å². The third-order valence-corrected chi connectivity index (χ3v) is 3.35. The first kappa shape index (κ1) is 15.6. The van der Waals surface area contributed by atoms with Gasteiger partial charge in [-0.2, -0.15) is 0 Å². The van der Waals surface area contributed by atoms with Crippen LogP contribution in [0.2, 0.25) is 0 Å². The minimum atomic E-state index is -0.476. The Bertz CT molecular complexity index is 793. The average molecular weight is 300 g/mol. The Labute approximate surface area is 127 Å². The predicted octanol–water partition coefficient (Wildman–Crippen LogP) is 3.04. The van der Waals surface area contributed by atoms with Crippen LogP contribution in [0.5, 0.6) is 0 Å². The van der Waals surface area contributed by atoms with Crippen LogP contribution < -0.4 is 5.56 Å². The number of carbonyl (C=O) groups excluding carboxylic acids is 1. The summed E-state index contributed by atoms with van der Waals surface area (Å²) >= 11 is 0. The molecule has 1 aromatic carbocycles. The van der Waals surface area contributed by atoms with Gasteiger partial charge in [0.15, 0.2) is 5.78 Å². The van der Waals surface area contributed by atoms with Gasteiger partial charge in [-0.15, -0.1) is 0 Å². The number of Topliss-reactive ketones (excluding diaryl/α,β-unsaturated/α-hetero) is 1. The van der Waals surface area contributed by atoms with Gasteiger partial charge < -0.3 is 4.57 Å². The number of non-ortho nitro benzene ring substituents is 1. The molecule has 0 bridgehead atoms. The lowest BCUT2D eigenvalue weighted by Crippen LogP contribution is -2.26. The maximum Gasteiger partial charge on any atom is 0.270 e. The summed E-state index contributed by atoms with van der Waals surface area (Å²) in [6, 6.07) is 9.25.